The van der Waals surface area contributed by atoms with Gasteiger partial charge in [0.25, 0.3) is 0 Å². The van der Waals surface area contributed by atoms with Gasteiger partial charge in [-0.2, -0.15) is 0 Å². The summed E-state index contributed by atoms with van der Waals surface area (Å²) in [5, 5.41) is 9.61. The van der Waals surface area contributed by atoms with Crippen molar-refractivity contribution in [3.05, 3.63) is 11.6 Å². The summed E-state index contributed by atoms with van der Waals surface area (Å²) in [6, 6.07) is 0. The molecule has 0 radical (unpaired) electrons. The maximum Gasteiger partial charge on any atom is 0.136 e. The SMILES string of the molecule is C#CC(O)C1=CCC2CC1C2(C)C. The van der Waals surface area contributed by atoms with Crippen molar-refractivity contribution in [3.8, 4) is 12.3 Å². The molecule has 0 amide bonds. The van der Waals surface area contributed by atoms with E-state index in [-0.39, 0.29) is 0 Å². The fraction of sp³-hybridized carbons (Fsp3) is 0.667. The molecule has 0 aromatic rings. The largest absolute Gasteiger partial charge is 0.376 e. The lowest BCUT2D eigenvalue weighted by Crippen LogP contribution is -2.49. The van der Waals surface area contributed by atoms with E-state index in [0.29, 0.717) is 11.3 Å². The Kier molecular flexibility index (Phi) is 1.78. The highest BCUT2D eigenvalue weighted by Crippen LogP contribution is 2.59. The third-order valence-electron chi connectivity index (χ3n) is 3.98. The Morgan fingerprint density at radius 3 is 2.85 bits per heavy atom. The molecule has 70 valence electrons. The fourth-order valence-electron chi connectivity index (χ4n) is 2.80. The van der Waals surface area contributed by atoms with Crippen molar-refractivity contribution in [1.29, 1.82) is 0 Å². The molecule has 0 aliphatic heterocycles. The monoisotopic (exact) mass is 176 g/mol. The van der Waals surface area contributed by atoms with E-state index < -0.39 is 6.10 Å². The molecule has 0 saturated heterocycles. The van der Waals surface area contributed by atoms with Crippen LogP contribution in [-0.4, -0.2) is 11.2 Å². The van der Waals surface area contributed by atoms with Crippen LogP contribution in [0, 0.1) is 29.6 Å². The smallest absolute Gasteiger partial charge is 0.136 e. The van der Waals surface area contributed by atoms with Gasteiger partial charge in [0.2, 0.25) is 0 Å². The first-order chi connectivity index (χ1) is 6.07. The van der Waals surface area contributed by atoms with Crippen LogP contribution in [0.1, 0.15) is 26.7 Å². The molecule has 2 bridgehead atoms. The summed E-state index contributed by atoms with van der Waals surface area (Å²) in [5.74, 6) is 3.75. The van der Waals surface area contributed by atoms with Crippen LogP contribution in [0.15, 0.2) is 11.6 Å². The first-order valence-corrected chi connectivity index (χ1v) is 4.91. The predicted octanol–water partition coefficient (Wildman–Crippen LogP) is 1.97. The quantitative estimate of drug-likeness (QED) is 0.478. The Labute approximate surface area is 79.8 Å². The van der Waals surface area contributed by atoms with E-state index in [4.69, 9.17) is 6.42 Å². The van der Waals surface area contributed by atoms with Crippen LogP contribution in [-0.2, 0) is 0 Å². The summed E-state index contributed by atoms with van der Waals surface area (Å²) in [6.45, 7) is 4.56. The highest BCUT2D eigenvalue weighted by atomic mass is 16.3. The molecule has 0 spiro atoms. The van der Waals surface area contributed by atoms with Gasteiger partial charge in [-0.05, 0) is 35.7 Å². The topological polar surface area (TPSA) is 20.2 Å². The zero-order valence-corrected chi connectivity index (χ0v) is 8.25. The number of aliphatic hydroxyl groups excluding tert-OH is 1. The second-order valence-corrected chi connectivity index (χ2v) is 4.82. The molecule has 3 atom stereocenters. The first kappa shape index (κ1) is 8.84. The molecule has 1 nitrogen and oxygen atoms in total. The minimum atomic E-state index is -0.648. The third-order valence-corrected chi connectivity index (χ3v) is 3.98. The van der Waals surface area contributed by atoms with Gasteiger partial charge < -0.3 is 5.11 Å². The van der Waals surface area contributed by atoms with Crippen molar-refractivity contribution in [2.45, 2.75) is 32.8 Å². The van der Waals surface area contributed by atoms with E-state index in [9.17, 15) is 5.11 Å². The summed E-state index contributed by atoms with van der Waals surface area (Å²) in [7, 11) is 0. The molecule has 1 fully saturated rings. The summed E-state index contributed by atoms with van der Waals surface area (Å²) < 4.78 is 0. The summed E-state index contributed by atoms with van der Waals surface area (Å²) in [5.41, 5.74) is 1.46. The van der Waals surface area contributed by atoms with Crippen molar-refractivity contribution in [3.63, 3.8) is 0 Å². The van der Waals surface area contributed by atoms with Gasteiger partial charge in [-0.25, -0.2) is 0 Å². The van der Waals surface area contributed by atoms with Crippen LogP contribution in [0.3, 0.4) is 0 Å². The molecule has 0 aromatic heterocycles. The average Bonchev–Trinajstić information content (AvgIpc) is 2.16. The second kappa shape index (κ2) is 2.62. The van der Waals surface area contributed by atoms with E-state index in [1.54, 1.807) is 0 Å². The highest BCUT2D eigenvalue weighted by Gasteiger charge is 2.52. The van der Waals surface area contributed by atoms with Crippen molar-refractivity contribution in [2.24, 2.45) is 17.3 Å². The van der Waals surface area contributed by atoms with Crippen LogP contribution in [0.25, 0.3) is 0 Å². The molecule has 3 unspecified atom stereocenters. The molecule has 13 heavy (non-hydrogen) atoms. The van der Waals surface area contributed by atoms with Gasteiger partial charge in [0.1, 0.15) is 6.10 Å². The Morgan fingerprint density at radius 2 is 2.38 bits per heavy atom. The number of aliphatic hydroxyl groups is 1. The van der Waals surface area contributed by atoms with Crippen LogP contribution in [0.4, 0.5) is 0 Å². The molecular weight excluding hydrogens is 160 g/mol. The number of terminal acetylenes is 1. The van der Waals surface area contributed by atoms with Crippen LogP contribution < -0.4 is 0 Å². The van der Waals surface area contributed by atoms with Gasteiger partial charge in [0, 0.05) is 0 Å². The van der Waals surface area contributed by atoms with Crippen LogP contribution in [0.2, 0.25) is 0 Å². The predicted molar refractivity (Wildman–Crippen MR) is 52.9 cm³/mol. The van der Waals surface area contributed by atoms with Gasteiger partial charge in [-0.15, -0.1) is 6.42 Å². The van der Waals surface area contributed by atoms with Crippen LogP contribution >= 0.6 is 0 Å². The van der Waals surface area contributed by atoms with Crippen molar-refractivity contribution in [2.75, 3.05) is 0 Å². The lowest BCUT2D eigenvalue weighted by atomic mass is 9.48. The number of fused-ring (bicyclic) bond motifs is 1. The molecule has 1 saturated carbocycles. The molecule has 1 heteroatoms. The van der Waals surface area contributed by atoms with Crippen molar-refractivity contribution >= 4 is 0 Å². The zero-order valence-electron chi connectivity index (χ0n) is 8.25. The lowest BCUT2D eigenvalue weighted by molar-refractivity contribution is -0.0169. The molecule has 3 aliphatic rings. The molecule has 0 heterocycles. The Bertz CT molecular complexity index is 293. The maximum absolute atomic E-state index is 9.61. The minimum Gasteiger partial charge on any atom is -0.376 e. The molecule has 1 N–H and O–H groups in total. The fourth-order valence-corrected chi connectivity index (χ4v) is 2.80. The van der Waals surface area contributed by atoms with Gasteiger partial charge in [-0.3, -0.25) is 0 Å². The number of allylic oxidation sites excluding steroid dienone is 1. The summed E-state index contributed by atoms with van der Waals surface area (Å²) in [4.78, 5) is 0. The minimum absolute atomic E-state index is 0.363. The maximum atomic E-state index is 9.61. The van der Waals surface area contributed by atoms with Gasteiger partial charge in [0.15, 0.2) is 0 Å². The first-order valence-electron chi connectivity index (χ1n) is 4.91. The number of hydrogen-bond acceptors (Lipinski definition) is 1. The van der Waals surface area contributed by atoms with E-state index in [2.05, 4.69) is 25.8 Å². The third kappa shape index (κ3) is 1.05. The standard InChI is InChI=1S/C12H16O/c1-4-11(13)9-6-5-8-7-10(9)12(8,2)3/h1,6,8,10-11,13H,5,7H2,2-3H3. The Balaban J connectivity index is 2.24. The van der Waals surface area contributed by atoms with E-state index in [1.807, 2.05) is 0 Å². The number of hydrogen-bond donors (Lipinski definition) is 1. The van der Waals surface area contributed by atoms with E-state index >= 15 is 0 Å². The van der Waals surface area contributed by atoms with Gasteiger partial charge in [-0.1, -0.05) is 25.8 Å². The summed E-state index contributed by atoms with van der Waals surface area (Å²) >= 11 is 0. The molecule has 3 aliphatic carbocycles. The summed E-state index contributed by atoms with van der Waals surface area (Å²) in [6.07, 6.45) is 9.04. The zero-order chi connectivity index (χ0) is 9.64. The Morgan fingerprint density at radius 1 is 1.69 bits per heavy atom. The molecule has 3 rings (SSSR count). The molecule has 0 aromatic carbocycles. The van der Waals surface area contributed by atoms with Crippen molar-refractivity contribution < 1.29 is 5.11 Å². The average molecular weight is 176 g/mol. The van der Waals surface area contributed by atoms with Crippen LogP contribution in [0.5, 0.6) is 0 Å². The van der Waals surface area contributed by atoms with Gasteiger partial charge in [0.05, 0.1) is 0 Å². The normalized spacial score (nSPS) is 36.9. The second-order valence-electron chi connectivity index (χ2n) is 4.82. The Hall–Kier alpha value is -0.740. The number of rotatable bonds is 1. The van der Waals surface area contributed by atoms with Crippen molar-refractivity contribution in [1.82, 2.24) is 0 Å². The lowest BCUT2D eigenvalue weighted by Gasteiger charge is -2.56. The van der Waals surface area contributed by atoms with E-state index in [1.165, 1.54) is 6.42 Å². The van der Waals surface area contributed by atoms with Gasteiger partial charge >= 0.3 is 0 Å². The highest BCUT2D eigenvalue weighted by molar-refractivity contribution is 5.30. The van der Waals surface area contributed by atoms with E-state index in [0.717, 1.165) is 17.9 Å². The molecular formula is C12H16O.